The molecule has 19 heavy (non-hydrogen) atoms. The third-order valence-electron chi connectivity index (χ3n) is 4.14. The number of hydrogen-bond acceptors (Lipinski definition) is 2. The maximum atomic E-state index is 14.1. The van der Waals surface area contributed by atoms with Gasteiger partial charge in [0, 0.05) is 37.2 Å². The van der Waals surface area contributed by atoms with Crippen LogP contribution in [0.25, 0.3) is 0 Å². The SMILES string of the molecule is CN1CCNC(c2cccc(C(F)(F)C3CC3)c2)C1. The Morgan fingerprint density at radius 2 is 2.11 bits per heavy atom. The van der Waals surface area contributed by atoms with E-state index in [2.05, 4.69) is 17.3 Å². The fourth-order valence-corrected chi connectivity index (χ4v) is 2.76. The predicted octanol–water partition coefficient (Wildman–Crippen LogP) is 2.76. The highest BCUT2D eigenvalue weighted by molar-refractivity contribution is 5.30. The van der Waals surface area contributed by atoms with Gasteiger partial charge in [-0.3, -0.25) is 0 Å². The van der Waals surface area contributed by atoms with E-state index in [0.29, 0.717) is 12.8 Å². The van der Waals surface area contributed by atoms with Gasteiger partial charge in [-0.2, -0.15) is 0 Å². The van der Waals surface area contributed by atoms with Gasteiger partial charge in [0.2, 0.25) is 0 Å². The first-order valence-corrected chi connectivity index (χ1v) is 6.97. The minimum Gasteiger partial charge on any atom is -0.308 e. The molecular weight excluding hydrogens is 246 g/mol. The van der Waals surface area contributed by atoms with Crippen LogP contribution >= 0.6 is 0 Å². The lowest BCUT2D eigenvalue weighted by Gasteiger charge is -2.31. The lowest BCUT2D eigenvalue weighted by atomic mass is 9.97. The molecule has 1 unspecified atom stereocenters. The molecule has 0 amide bonds. The predicted molar refractivity (Wildman–Crippen MR) is 71.3 cm³/mol. The summed E-state index contributed by atoms with van der Waals surface area (Å²) >= 11 is 0. The van der Waals surface area contributed by atoms with Gasteiger partial charge >= 0.3 is 0 Å². The van der Waals surface area contributed by atoms with Crippen LogP contribution in [0.2, 0.25) is 0 Å². The molecule has 0 spiro atoms. The minimum atomic E-state index is -2.66. The van der Waals surface area contributed by atoms with E-state index >= 15 is 0 Å². The second kappa shape index (κ2) is 4.84. The van der Waals surface area contributed by atoms with Crippen molar-refractivity contribution >= 4 is 0 Å². The molecule has 2 fully saturated rings. The molecule has 1 aromatic rings. The van der Waals surface area contributed by atoms with Gasteiger partial charge in [0.15, 0.2) is 0 Å². The topological polar surface area (TPSA) is 15.3 Å². The number of halogens is 2. The molecule has 1 saturated carbocycles. The van der Waals surface area contributed by atoms with Crippen molar-refractivity contribution in [1.29, 1.82) is 0 Å². The first kappa shape index (κ1) is 13.0. The van der Waals surface area contributed by atoms with Gasteiger partial charge < -0.3 is 10.2 Å². The van der Waals surface area contributed by atoms with Crippen LogP contribution in [0, 0.1) is 5.92 Å². The van der Waals surface area contributed by atoms with E-state index in [9.17, 15) is 8.78 Å². The van der Waals surface area contributed by atoms with E-state index in [1.54, 1.807) is 18.2 Å². The van der Waals surface area contributed by atoms with Crippen molar-refractivity contribution in [3.8, 4) is 0 Å². The molecule has 2 aliphatic rings. The van der Waals surface area contributed by atoms with E-state index in [0.717, 1.165) is 25.2 Å². The van der Waals surface area contributed by atoms with E-state index in [-0.39, 0.29) is 11.6 Å². The highest BCUT2D eigenvalue weighted by atomic mass is 19.3. The largest absolute Gasteiger partial charge is 0.308 e. The summed E-state index contributed by atoms with van der Waals surface area (Å²) in [6, 6.07) is 7.12. The normalized spacial score (nSPS) is 25.5. The Morgan fingerprint density at radius 1 is 1.32 bits per heavy atom. The van der Waals surface area contributed by atoms with Crippen molar-refractivity contribution in [2.75, 3.05) is 26.7 Å². The summed E-state index contributed by atoms with van der Waals surface area (Å²) in [6.45, 7) is 2.79. The quantitative estimate of drug-likeness (QED) is 0.905. The highest BCUT2D eigenvalue weighted by Gasteiger charge is 2.48. The molecule has 1 atom stereocenters. The molecule has 1 saturated heterocycles. The number of piperazine rings is 1. The Morgan fingerprint density at radius 3 is 2.79 bits per heavy atom. The summed E-state index contributed by atoms with van der Waals surface area (Å²) in [5, 5.41) is 3.40. The molecule has 0 aromatic heterocycles. The molecule has 1 heterocycles. The highest BCUT2D eigenvalue weighted by Crippen LogP contribution is 2.49. The van der Waals surface area contributed by atoms with Crippen molar-refractivity contribution < 1.29 is 8.78 Å². The minimum absolute atomic E-state index is 0.161. The van der Waals surface area contributed by atoms with E-state index in [1.165, 1.54) is 0 Å². The summed E-state index contributed by atoms with van der Waals surface area (Å²) in [7, 11) is 2.07. The molecule has 1 N–H and O–H groups in total. The van der Waals surface area contributed by atoms with Gasteiger partial charge in [0.05, 0.1) is 0 Å². The fourth-order valence-electron chi connectivity index (χ4n) is 2.76. The number of alkyl halides is 2. The average molecular weight is 266 g/mol. The lowest BCUT2D eigenvalue weighted by Crippen LogP contribution is -2.43. The van der Waals surface area contributed by atoms with Crippen LogP contribution in [0.4, 0.5) is 8.78 Å². The third-order valence-corrected chi connectivity index (χ3v) is 4.14. The monoisotopic (exact) mass is 266 g/mol. The Bertz CT molecular complexity index is 457. The van der Waals surface area contributed by atoms with E-state index in [1.807, 2.05) is 6.07 Å². The molecule has 1 aromatic carbocycles. The number of likely N-dealkylation sites (N-methyl/N-ethyl adjacent to an activating group) is 1. The molecule has 1 aliphatic carbocycles. The Kier molecular flexibility index (Phi) is 3.31. The molecule has 104 valence electrons. The summed E-state index contributed by atoms with van der Waals surface area (Å²) in [5.41, 5.74) is 1.16. The average Bonchev–Trinajstić information content (AvgIpc) is 3.23. The molecule has 4 heteroatoms. The zero-order valence-corrected chi connectivity index (χ0v) is 11.2. The van der Waals surface area contributed by atoms with Gasteiger partial charge in [-0.05, 0) is 31.5 Å². The van der Waals surface area contributed by atoms with Gasteiger partial charge in [0.25, 0.3) is 5.92 Å². The number of nitrogens with zero attached hydrogens (tertiary/aromatic N) is 1. The van der Waals surface area contributed by atoms with Crippen LogP contribution in [-0.4, -0.2) is 31.6 Å². The summed E-state index contributed by atoms with van der Waals surface area (Å²) in [5.74, 6) is -3.10. The van der Waals surface area contributed by atoms with Crippen molar-refractivity contribution in [3.63, 3.8) is 0 Å². The maximum absolute atomic E-state index is 14.1. The Hall–Kier alpha value is -1.00. The van der Waals surface area contributed by atoms with Crippen LogP contribution in [0.5, 0.6) is 0 Å². The van der Waals surface area contributed by atoms with Gasteiger partial charge in [-0.25, -0.2) is 8.78 Å². The van der Waals surface area contributed by atoms with Crippen LogP contribution < -0.4 is 5.32 Å². The first-order chi connectivity index (χ1) is 9.07. The fraction of sp³-hybridized carbons (Fsp3) is 0.600. The molecule has 2 nitrogen and oxygen atoms in total. The zero-order valence-electron chi connectivity index (χ0n) is 11.2. The number of nitrogens with one attached hydrogen (secondary N) is 1. The molecule has 1 aliphatic heterocycles. The summed E-state index contributed by atoms with van der Waals surface area (Å²) in [6.07, 6.45) is 1.31. The van der Waals surface area contributed by atoms with Gasteiger partial charge in [0.1, 0.15) is 0 Å². The van der Waals surface area contributed by atoms with Crippen molar-refractivity contribution in [1.82, 2.24) is 10.2 Å². The second-order valence-corrected chi connectivity index (χ2v) is 5.79. The van der Waals surface area contributed by atoms with E-state index in [4.69, 9.17) is 0 Å². The van der Waals surface area contributed by atoms with Gasteiger partial charge in [-0.15, -0.1) is 0 Å². The molecular formula is C15H20F2N2. The lowest BCUT2D eigenvalue weighted by molar-refractivity contribution is -0.0286. The first-order valence-electron chi connectivity index (χ1n) is 6.97. The van der Waals surface area contributed by atoms with Gasteiger partial charge in [-0.1, -0.05) is 18.2 Å². The van der Waals surface area contributed by atoms with Crippen molar-refractivity contribution in [2.24, 2.45) is 5.92 Å². The van der Waals surface area contributed by atoms with Crippen LogP contribution in [-0.2, 0) is 5.92 Å². The summed E-state index contributed by atoms with van der Waals surface area (Å²) in [4.78, 5) is 2.23. The Balaban J connectivity index is 1.83. The smallest absolute Gasteiger partial charge is 0.276 e. The number of hydrogen-bond donors (Lipinski definition) is 1. The summed E-state index contributed by atoms with van der Waals surface area (Å²) < 4.78 is 28.3. The number of rotatable bonds is 3. The van der Waals surface area contributed by atoms with Crippen LogP contribution in [0.15, 0.2) is 24.3 Å². The van der Waals surface area contributed by atoms with Crippen LogP contribution in [0.1, 0.15) is 30.0 Å². The third kappa shape index (κ3) is 2.65. The molecule has 3 rings (SSSR count). The molecule has 0 radical (unpaired) electrons. The second-order valence-electron chi connectivity index (χ2n) is 5.79. The number of benzene rings is 1. The Labute approximate surface area is 112 Å². The van der Waals surface area contributed by atoms with Crippen LogP contribution in [0.3, 0.4) is 0 Å². The van der Waals surface area contributed by atoms with E-state index < -0.39 is 11.8 Å². The zero-order chi connectivity index (χ0) is 13.5. The standard InChI is InChI=1S/C15H20F2N2/c1-19-8-7-18-14(10-19)11-3-2-4-13(9-11)15(16,17)12-5-6-12/h2-4,9,12,14,18H,5-8,10H2,1H3. The van der Waals surface area contributed by atoms with Crippen molar-refractivity contribution in [3.05, 3.63) is 35.4 Å². The maximum Gasteiger partial charge on any atom is 0.276 e. The molecule has 0 bridgehead atoms. The van der Waals surface area contributed by atoms with Crippen molar-refractivity contribution in [2.45, 2.75) is 24.8 Å².